The van der Waals surface area contributed by atoms with E-state index in [1.54, 1.807) is 25.0 Å². The number of amides is 1. The first-order valence-electron chi connectivity index (χ1n) is 10.8. The molecule has 0 saturated carbocycles. The summed E-state index contributed by atoms with van der Waals surface area (Å²) in [6.07, 6.45) is 3.18. The number of imidazole rings is 1. The predicted molar refractivity (Wildman–Crippen MR) is 127 cm³/mol. The van der Waals surface area contributed by atoms with Crippen LogP contribution in [0.25, 0.3) is 22.8 Å². The fourth-order valence-corrected chi connectivity index (χ4v) is 3.89. The molecule has 5 rings (SSSR count). The number of hydrogen-bond acceptors (Lipinski definition) is 10. The quantitative estimate of drug-likeness (QED) is 0.386. The molecule has 0 spiro atoms. The Bertz CT molecular complexity index is 1300. The molecule has 0 unspecified atom stereocenters. The largest absolute Gasteiger partial charge is 0.378 e. The van der Waals surface area contributed by atoms with E-state index in [1.807, 2.05) is 24.3 Å². The standard InChI is InChI=1S/C22H24N10O2/c1-24-20-17(15-11-31(2)30-21-16(15)25-12-26-21)28-18(19(23)33)22(29-20)27-13-3-5-14(6-4-13)32-7-9-34-10-8-32/h3-6,11-12H,7-10H2,1-2H3,(H2,23,33)(H2,24,27,29). The molecule has 4 N–H and O–H groups in total. The average Bonchev–Trinajstić information content (AvgIpc) is 3.32. The smallest absolute Gasteiger partial charge is 0.271 e. The first-order chi connectivity index (χ1) is 16.5. The summed E-state index contributed by atoms with van der Waals surface area (Å²) >= 11 is 0. The third-order valence-corrected chi connectivity index (χ3v) is 5.53. The first kappa shape index (κ1) is 21.5. The number of anilines is 4. The van der Waals surface area contributed by atoms with E-state index in [1.165, 1.54) is 6.33 Å². The van der Waals surface area contributed by atoms with Gasteiger partial charge in [0.05, 0.1) is 18.8 Å². The average molecular weight is 461 g/mol. The van der Waals surface area contributed by atoms with Gasteiger partial charge in [-0.25, -0.2) is 19.9 Å². The molecule has 2 aromatic rings. The minimum atomic E-state index is -0.702. The van der Waals surface area contributed by atoms with Crippen molar-refractivity contribution in [1.29, 1.82) is 0 Å². The summed E-state index contributed by atoms with van der Waals surface area (Å²) in [6.45, 7) is 3.14. The molecule has 0 aliphatic carbocycles. The lowest BCUT2D eigenvalue weighted by atomic mass is 10.1. The molecule has 4 heterocycles. The zero-order valence-corrected chi connectivity index (χ0v) is 18.8. The van der Waals surface area contributed by atoms with E-state index in [2.05, 4.69) is 40.6 Å². The van der Waals surface area contributed by atoms with Crippen LogP contribution in [0.5, 0.6) is 0 Å². The molecule has 0 radical (unpaired) electrons. The van der Waals surface area contributed by atoms with Crippen LogP contribution >= 0.6 is 0 Å². The van der Waals surface area contributed by atoms with Gasteiger partial charge in [-0.1, -0.05) is 0 Å². The Morgan fingerprint density at radius 1 is 1.06 bits per heavy atom. The number of aryl methyl sites for hydroxylation is 1. The molecule has 0 atom stereocenters. The van der Waals surface area contributed by atoms with Gasteiger partial charge in [0.25, 0.3) is 5.91 Å². The van der Waals surface area contributed by atoms with Gasteiger partial charge >= 0.3 is 0 Å². The van der Waals surface area contributed by atoms with Crippen LogP contribution < -0.4 is 21.3 Å². The molecular weight excluding hydrogens is 436 g/mol. The lowest BCUT2D eigenvalue weighted by molar-refractivity contribution is 0.0996. The second-order valence-electron chi connectivity index (χ2n) is 7.77. The van der Waals surface area contributed by atoms with Crippen molar-refractivity contribution in [3.8, 4) is 22.8 Å². The van der Waals surface area contributed by atoms with Crippen LogP contribution in [0, 0.1) is 0 Å². The third kappa shape index (κ3) is 4.06. The summed E-state index contributed by atoms with van der Waals surface area (Å²) in [5.41, 5.74) is 9.16. The van der Waals surface area contributed by atoms with Crippen molar-refractivity contribution in [3.05, 3.63) is 42.5 Å². The number of hydrogen-bond donors (Lipinski definition) is 3. The highest BCUT2D eigenvalue weighted by Gasteiger charge is 2.24. The SMILES string of the molecule is CNc1nc(Nc2ccc(N3CCOCC3)cc2)c(C(N)=O)nc1-c1cn(C)nc2ncnc1-2. The number of primary amides is 1. The van der Waals surface area contributed by atoms with E-state index >= 15 is 0 Å². The molecule has 1 fully saturated rings. The molecule has 1 saturated heterocycles. The summed E-state index contributed by atoms with van der Waals surface area (Å²) in [4.78, 5) is 32.3. The summed E-state index contributed by atoms with van der Waals surface area (Å²) < 4.78 is 7.03. The number of benzene rings is 1. The highest BCUT2D eigenvalue weighted by atomic mass is 16.5. The lowest BCUT2D eigenvalue weighted by Crippen LogP contribution is -2.36. The topological polar surface area (TPSA) is 149 Å². The van der Waals surface area contributed by atoms with Gasteiger partial charge in [0.2, 0.25) is 5.82 Å². The Morgan fingerprint density at radius 3 is 2.53 bits per heavy atom. The van der Waals surface area contributed by atoms with Crippen molar-refractivity contribution in [3.63, 3.8) is 0 Å². The normalized spacial score (nSPS) is 13.8. The van der Waals surface area contributed by atoms with Gasteiger partial charge in [0.15, 0.2) is 17.3 Å². The number of morpholine rings is 1. The van der Waals surface area contributed by atoms with Crippen LogP contribution in [-0.4, -0.2) is 69.0 Å². The lowest BCUT2D eigenvalue weighted by Gasteiger charge is -2.29. The summed E-state index contributed by atoms with van der Waals surface area (Å²) in [5.74, 6) is 0.468. The van der Waals surface area contributed by atoms with E-state index in [9.17, 15) is 4.79 Å². The van der Waals surface area contributed by atoms with Gasteiger partial charge in [-0.05, 0) is 24.3 Å². The predicted octanol–water partition coefficient (Wildman–Crippen LogP) is 1.49. The van der Waals surface area contributed by atoms with E-state index in [-0.39, 0.29) is 11.5 Å². The van der Waals surface area contributed by atoms with Crippen molar-refractivity contribution in [2.75, 3.05) is 48.9 Å². The van der Waals surface area contributed by atoms with Gasteiger partial charge in [-0.2, -0.15) is 5.10 Å². The molecule has 3 aliphatic heterocycles. The van der Waals surface area contributed by atoms with Crippen molar-refractivity contribution in [1.82, 2.24) is 29.7 Å². The van der Waals surface area contributed by atoms with Crippen LogP contribution in [0.1, 0.15) is 10.5 Å². The highest BCUT2D eigenvalue weighted by molar-refractivity contribution is 5.98. The molecule has 1 aromatic heterocycles. The van der Waals surface area contributed by atoms with Gasteiger partial charge in [-0.3, -0.25) is 9.48 Å². The van der Waals surface area contributed by atoms with Crippen molar-refractivity contribution in [2.24, 2.45) is 12.8 Å². The molecule has 34 heavy (non-hydrogen) atoms. The van der Waals surface area contributed by atoms with E-state index in [0.29, 0.717) is 28.6 Å². The number of rotatable bonds is 6. The number of aromatic nitrogens is 6. The number of nitrogens with one attached hydrogen (secondary N) is 2. The zero-order valence-electron chi connectivity index (χ0n) is 18.8. The Morgan fingerprint density at radius 2 is 1.82 bits per heavy atom. The molecule has 12 nitrogen and oxygen atoms in total. The monoisotopic (exact) mass is 460 g/mol. The Balaban J connectivity index is 1.51. The molecule has 0 bridgehead atoms. The summed E-state index contributed by atoms with van der Waals surface area (Å²) in [5, 5.41) is 10.5. The van der Waals surface area contributed by atoms with Gasteiger partial charge < -0.3 is 26.0 Å². The summed E-state index contributed by atoms with van der Waals surface area (Å²) in [7, 11) is 3.50. The first-order valence-corrected chi connectivity index (χ1v) is 10.8. The minimum absolute atomic E-state index is 0.0124. The van der Waals surface area contributed by atoms with Crippen LogP contribution in [0.3, 0.4) is 0 Å². The maximum atomic E-state index is 12.3. The van der Waals surface area contributed by atoms with Gasteiger partial charge in [0, 0.05) is 44.8 Å². The molecular formula is C22H24N10O2. The third-order valence-electron chi connectivity index (χ3n) is 5.53. The Hall–Kier alpha value is -4.32. The van der Waals surface area contributed by atoms with Crippen LogP contribution in [-0.2, 0) is 11.8 Å². The molecule has 12 heteroatoms. The van der Waals surface area contributed by atoms with Crippen LogP contribution in [0.4, 0.5) is 23.0 Å². The van der Waals surface area contributed by atoms with E-state index < -0.39 is 5.91 Å². The molecule has 3 aliphatic rings. The minimum Gasteiger partial charge on any atom is -0.378 e. The maximum absolute atomic E-state index is 12.3. The number of carbonyl (C=O) groups excluding carboxylic acids is 1. The summed E-state index contributed by atoms with van der Waals surface area (Å²) in [6, 6.07) is 7.88. The van der Waals surface area contributed by atoms with E-state index in [4.69, 9.17) is 10.5 Å². The number of nitrogens with two attached hydrogens (primary N) is 1. The van der Waals surface area contributed by atoms with Gasteiger partial charge in [0.1, 0.15) is 17.7 Å². The van der Waals surface area contributed by atoms with Crippen molar-refractivity contribution < 1.29 is 9.53 Å². The van der Waals surface area contributed by atoms with Gasteiger partial charge in [-0.15, -0.1) is 0 Å². The number of fused-ring (bicyclic) bond motifs is 1. The fourth-order valence-electron chi connectivity index (χ4n) is 3.89. The second-order valence-corrected chi connectivity index (χ2v) is 7.77. The maximum Gasteiger partial charge on any atom is 0.271 e. The van der Waals surface area contributed by atoms with E-state index in [0.717, 1.165) is 37.7 Å². The molecule has 1 amide bonds. The second kappa shape index (κ2) is 8.90. The van der Waals surface area contributed by atoms with Crippen LogP contribution in [0.15, 0.2) is 36.8 Å². The van der Waals surface area contributed by atoms with Crippen molar-refractivity contribution in [2.45, 2.75) is 0 Å². The number of ether oxygens (including phenoxy) is 1. The Kier molecular flexibility index (Phi) is 5.64. The molecule has 174 valence electrons. The highest BCUT2D eigenvalue weighted by Crippen LogP contribution is 2.34. The Labute approximate surface area is 195 Å². The molecule has 1 aromatic carbocycles. The number of nitrogens with zero attached hydrogens (tertiary/aromatic N) is 7. The van der Waals surface area contributed by atoms with Crippen molar-refractivity contribution >= 4 is 28.9 Å². The zero-order chi connectivity index (χ0) is 23.7. The number of carbonyl (C=O) groups is 1. The van der Waals surface area contributed by atoms with Crippen LogP contribution in [0.2, 0.25) is 0 Å². The fraction of sp³-hybridized carbons (Fsp3) is 0.273.